The van der Waals surface area contributed by atoms with Crippen LogP contribution in [0, 0.1) is 0 Å². The van der Waals surface area contributed by atoms with Gasteiger partial charge in [-0.05, 0) is 69.9 Å². The third-order valence-electron chi connectivity index (χ3n) is 6.50. The summed E-state index contributed by atoms with van der Waals surface area (Å²) < 4.78 is 0. The Balaban J connectivity index is 1.59. The van der Waals surface area contributed by atoms with E-state index < -0.39 is 5.60 Å². The van der Waals surface area contributed by atoms with Crippen LogP contribution in [0.2, 0.25) is 0 Å². The normalized spacial score (nSPS) is 25.1. The van der Waals surface area contributed by atoms with Crippen LogP contribution in [0.1, 0.15) is 56.6 Å². The molecule has 2 aliphatic rings. The molecule has 1 aromatic rings. The van der Waals surface area contributed by atoms with Crippen LogP contribution in [0.25, 0.3) is 0 Å². The average molecular weight is 388 g/mol. The minimum absolute atomic E-state index is 0.0959. The highest BCUT2D eigenvalue weighted by Gasteiger charge is 2.43. The van der Waals surface area contributed by atoms with Gasteiger partial charge in [0.25, 0.3) is 5.91 Å². The molecule has 0 aromatic heterocycles. The molecule has 5 heteroatoms. The number of benzene rings is 1. The van der Waals surface area contributed by atoms with E-state index in [0.29, 0.717) is 31.5 Å². The Kier molecular flexibility index (Phi) is 6.79. The highest BCUT2D eigenvalue weighted by molar-refractivity contribution is 5.86. The number of piperidine rings is 2. The Morgan fingerprint density at radius 3 is 2.36 bits per heavy atom. The maximum atomic E-state index is 13.1. The van der Waals surface area contributed by atoms with Gasteiger partial charge in [-0.15, -0.1) is 0 Å². The molecule has 3 rings (SSSR count). The fourth-order valence-electron chi connectivity index (χ4n) is 4.55. The molecule has 1 atom stereocenters. The van der Waals surface area contributed by atoms with Gasteiger partial charge in [0.1, 0.15) is 0 Å². The Morgan fingerprint density at radius 2 is 1.79 bits per heavy atom. The lowest BCUT2D eigenvalue weighted by atomic mass is 9.89. The SMILES string of the molecule is CC(C)c1ccc(CN2CCC[C@](O)(CN3CCC(N(C)C)CC3)C2=O)cc1. The molecule has 0 spiro atoms. The van der Waals surface area contributed by atoms with Gasteiger partial charge in [-0.1, -0.05) is 38.1 Å². The van der Waals surface area contributed by atoms with E-state index in [-0.39, 0.29) is 5.91 Å². The number of carbonyl (C=O) groups excluding carboxylic acids is 1. The van der Waals surface area contributed by atoms with Crippen molar-refractivity contribution in [2.75, 3.05) is 40.3 Å². The maximum absolute atomic E-state index is 13.1. The molecule has 0 unspecified atom stereocenters. The summed E-state index contributed by atoms with van der Waals surface area (Å²) in [5.74, 6) is 0.411. The molecule has 156 valence electrons. The molecule has 0 radical (unpaired) electrons. The fraction of sp³-hybridized carbons (Fsp3) is 0.696. The van der Waals surface area contributed by atoms with Gasteiger partial charge < -0.3 is 14.9 Å². The molecule has 2 saturated heterocycles. The lowest BCUT2D eigenvalue weighted by molar-refractivity contribution is -0.160. The van der Waals surface area contributed by atoms with Crippen LogP contribution in [0.4, 0.5) is 0 Å². The Bertz CT molecular complexity index is 650. The maximum Gasteiger partial charge on any atom is 0.256 e. The molecule has 1 N–H and O–H groups in total. The topological polar surface area (TPSA) is 47.0 Å². The third kappa shape index (κ3) is 4.94. The molecule has 2 fully saturated rings. The first-order valence-electron chi connectivity index (χ1n) is 10.8. The molecule has 2 heterocycles. The van der Waals surface area contributed by atoms with Crippen LogP contribution in [0.15, 0.2) is 24.3 Å². The lowest BCUT2D eigenvalue weighted by Crippen LogP contribution is -2.59. The van der Waals surface area contributed by atoms with Gasteiger partial charge in [0.05, 0.1) is 0 Å². The van der Waals surface area contributed by atoms with Crippen LogP contribution >= 0.6 is 0 Å². The van der Waals surface area contributed by atoms with Crippen LogP contribution in [-0.4, -0.2) is 77.6 Å². The molecule has 0 bridgehead atoms. The van der Waals surface area contributed by atoms with Gasteiger partial charge in [-0.25, -0.2) is 0 Å². The monoisotopic (exact) mass is 387 g/mol. The first-order chi connectivity index (χ1) is 13.3. The van der Waals surface area contributed by atoms with E-state index in [9.17, 15) is 9.90 Å². The molecule has 5 nitrogen and oxygen atoms in total. The number of β-amino-alcohol motifs (C(OH)–C–C–N with tert-alkyl or cyclic N) is 1. The summed E-state index contributed by atoms with van der Waals surface area (Å²) in [5.41, 5.74) is 1.21. The van der Waals surface area contributed by atoms with E-state index in [2.05, 4.69) is 62.0 Å². The van der Waals surface area contributed by atoms with Gasteiger partial charge in [0.15, 0.2) is 5.60 Å². The number of likely N-dealkylation sites (tertiary alicyclic amines) is 2. The zero-order chi connectivity index (χ0) is 20.3. The number of rotatable bonds is 6. The first-order valence-corrected chi connectivity index (χ1v) is 10.8. The van der Waals surface area contributed by atoms with Gasteiger partial charge in [-0.2, -0.15) is 0 Å². The molecule has 28 heavy (non-hydrogen) atoms. The van der Waals surface area contributed by atoms with E-state index in [1.807, 2.05) is 4.90 Å². The number of nitrogens with zero attached hydrogens (tertiary/aromatic N) is 3. The smallest absolute Gasteiger partial charge is 0.256 e. The van der Waals surface area contributed by atoms with Crippen molar-refractivity contribution in [3.63, 3.8) is 0 Å². The summed E-state index contributed by atoms with van der Waals surface area (Å²) in [5, 5.41) is 11.2. The van der Waals surface area contributed by atoms with Crippen LogP contribution in [0.5, 0.6) is 0 Å². The van der Waals surface area contributed by atoms with Crippen molar-refractivity contribution in [3.8, 4) is 0 Å². The highest BCUT2D eigenvalue weighted by atomic mass is 16.3. The number of hydrogen-bond acceptors (Lipinski definition) is 4. The third-order valence-corrected chi connectivity index (χ3v) is 6.50. The van der Waals surface area contributed by atoms with E-state index in [1.165, 1.54) is 5.56 Å². The molecule has 0 saturated carbocycles. The second kappa shape index (κ2) is 8.93. The Hall–Kier alpha value is -1.43. The summed E-state index contributed by atoms with van der Waals surface area (Å²) in [4.78, 5) is 19.5. The minimum atomic E-state index is -1.24. The fourth-order valence-corrected chi connectivity index (χ4v) is 4.55. The number of hydrogen-bond donors (Lipinski definition) is 1. The second-order valence-electron chi connectivity index (χ2n) is 9.23. The van der Waals surface area contributed by atoms with Crippen molar-refractivity contribution in [1.29, 1.82) is 0 Å². The van der Waals surface area contributed by atoms with Gasteiger partial charge >= 0.3 is 0 Å². The molecule has 1 aromatic carbocycles. The number of aliphatic hydroxyl groups is 1. The molecule has 2 aliphatic heterocycles. The Morgan fingerprint density at radius 1 is 1.14 bits per heavy atom. The zero-order valence-corrected chi connectivity index (χ0v) is 18.0. The molecular weight excluding hydrogens is 350 g/mol. The van der Waals surface area contributed by atoms with Gasteiger partial charge in [0, 0.05) is 25.7 Å². The summed E-state index contributed by atoms with van der Waals surface area (Å²) in [7, 11) is 4.26. The minimum Gasteiger partial charge on any atom is -0.379 e. The summed E-state index contributed by atoms with van der Waals surface area (Å²) >= 11 is 0. The summed E-state index contributed by atoms with van der Waals surface area (Å²) in [6, 6.07) is 9.13. The summed E-state index contributed by atoms with van der Waals surface area (Å²) in [6.45, 7) is 8.06. The zero-order valence-electron chi connectivity index (χ0n) is 18.0. The van der Waals surface area contributed by atoms with E-state index in [4.69, 9.17) is 0 Å². The van der Waals surface area contributed by atoms with Crippen LogP contribution < -0.4 is 0 Å². The van der Waals surface area contributed by atoms with Crippen LogP contribution in [-0.2, 0) is 11.3 Å². The predicted octanol–water partition coefficient (Wildman–Crippen LogP) is 2.69. The quantitative estimate of drug-likeness (QED) is 0.815. The molecular formula is C23H37N3O2. The number of carbonyl (C=O) groups is 1. The second-order valence-corrected chi connectivity index (χ2v) is 9.23. The van der Waals surface area contributed by atoms with Crippen molar-refractivity contribution in [2.45, 2.75) is 63.6 Å². The molecule has 0 aliphatic carbocycles. The largest absolute Gasteiger partial charge is 0.379 e. The van der Waals surface area contributed by atoms with Crippen molar-refractivity contribution >= 4 is 5.91 Å². The molecule has 1 amide bonds. The lowest BCUT2D eigenvalue weighted by Gasteiger charge is -2.43. The predicted molar refractivity (Wildman–Crippen MR) is 113 cm³/mol. The highest BCUT2D eigenvalue weighted by Crippen LogP contribution is 2.27. The number of amides is 1. The first kappa shape index (κ1) is 21.3. The van der Waals surface area contributed by atoms with Gasteiger partial charge in [-0.3, -0.25) is 9.69 Å². The standard InChI is InChI=1S/C23H37N3O2/c1-18(2)20-8-6-19(7-9-20)16-26-13-5-12-23(28,22(26)27)17-25-14-10-21(11-15-25)24(3)4/h6-9,18,21,28H,5,10-17H2,1-4H3/t23-/m0/s1. The van der Waals surface area contributed by atoms with E-state index >= 15 is 0 Å². The van der Waals surface area contributed by atoms with Crippen LogP contribution in [0.3, 0.4) is 0 Å². The van der Waals surface area contributed by atoms with Crippen molar-refractivity contribution < 1.29 is 9.90 Å². The van der Waals surface area contributed by atoms with E-state index in [1.54, 1.807) is 0 Å². The van der Waals surface area contributed by atoms with Gasteiger partial charge in [0.2, 0.25) is 0 Å². The van der Waals surface area contributed by atoms with E-state index in [0.717, 1.165) is 44.5 Å². The van der Waals surface area contributed by atoms with Crippen molar-refractivity contribution in [2.24, 2.45) is 0 Å². The van der Waals surface area contributed by atoms with Crippen molar-refractivity contribution in [3.05, 3.63) is 35.4 Å². The van der Waals surface area contributed by atoms with Crippen molar-refractivity contribution in [1.82, 2.24) is 14.7 Å². The summed E-state index contributed by atoms with van der Waals surface area (Å²) in [6.07, 6.45) is 3.63. The average Bonchev–Trinajstić information content (AvgIpc) is 2.66. The Labute approximate surface area is 170 Å².